The van der Waals surface area contributed by atoms with Crippen LogP contribution in [0.2, 0.25) is 5.02 Å². The van der Waals surface area contributed by atoms with Crippen LogP contribution in [-0.2, 0) is 0 Å². The zero-order chi connectivity index (χ0) is 11.1. The lowest BCUT2D eigenvalue weighted by molar-refractivity contribution is 0.511. The van der Waals surface area contributed by atoms with Crippen molar-refractivity contribution in [1.29, 1.82) is 0 Å². The lowest BCUT2D eigenvalue weighted by Gasteiger charge is -2.13. The summed E-state index contributed by atoms with van der Waals surface area (Å²) in [7, 11) is 0. The van der Waals surface area contributed by atoms with Crippen LogP contribution in [-0.4, -0.2) is 4.98 Å². The molecule has 0 aromatic carbocycles. The molecular weight excluding hydrogens is 210 g/mol. The zero-order valence-electron chi connectivity index (χ0n) is 8.63. The highest BCUT2D eigenvalue weighted by molar-refractivity contribution is 6.30. The smallest absolute Gasteiger partial charge is 0.0641 e. The van der Waals surface area contributed by atoms with Crippen LogP contribution in [0.15, 0.2) is 18.3 Å². The lowest BCUT2D eigenvalue weighted by atomic mass is 10.1. The molecule has 1 rings (SSSR count). The van der Waals surface area contributed by atoms with Gasteiger partial charge >= 0.3 is 0 Å². The van der Waals surface area contributed by atoms with E-state index in [0.717, 1.165) is 18.5 Å². The van der Waals surface area contributed by atoms with Gasteiger partial charge in [0.15, 0.2) is 0 Å². The van der Waals surface area contributed by atoms with E-state index in [9.17, 15) is 0 Å². The van der Waals surface area contributed by atoms with Crippen LogP contribution in [0.1, 0.15) is 31.5 Å². The molecule has 0 saturated carbocycles. The summed E-state index contributed by atoms with van der Waals surface area (Å²) < 4.78 is 0. The summed E-state index contributed by atoms with van der Waals surface area (Å²) in [6.45, 7) is 1.82. The fourth-order valence-corrected chi connectivity index (χ4v) is 1.36. The number of hydrogen-bond acceptors (Lipinski definition) is 3. The van der Waals surface area contributed by atoms with Crippen molar-refractivity contribution in [2.45, 2.75) is 25.8 Å². The van der Waals surface area contributed by atoms with Crippen LogP contribution in [0.3, 0.4) is 0 Å². The average molecular weight is 224 g/mol. The first-order valence-electron chi connectivity index (χ1n) is 4.75. The second kappa shape index (κ2) is 6.41. The van der Waals surface area contributed by atoms with Gasteiger partial charge in [-0.15, -0.1) is 11.8 Å². The fraction of sp³-hybridized carbons (Fsp3) is 0.364. The SMILES string of the molecule is CC#CCCC(NN)c1ccc(Cl)cn1. The maximum atomic E-state index is 5.75. The minimum absolute atomic E-state index is 0.0307. The van der Waals surface area contributed by atoms with E-state index in [1.807, 2.05) is 13.0 Å². The Labute approximate surface area is 95.0 Å². The van der Waals surface area contributed by atoms with E-state index in [0.29, 0.717) is 5.02 Å². The monoisotopic (exact) mass is 223 g/mol. The van der Waals surface area contributed by atoms with Gasteiger partial charge in [-0.3, -0.25) is 16.3 Å². The Morgan fingerprint density at radius 1 is 1.60 bits per heavy atom. The molecule has 3 nitrogen and oxygen atoms in total. The molecule has 1 aromatic heterocycles. The van der Waals surface area contributed by atoms with Crippen molar-refractivity contribution >= 4 is 11.6 Å². The topological polar surface area (TPSA) is 50.9 Å². The van der Waals surface area contributed by atoms with Crippen LogP contribution >= 0.6 is 11.6 Å². The van der Waals surface area contributed by atoms with E-state index in [2.05, 4.69) is 22.3 Å². The maximum absolute atomic E-state index is 5.75. The molecule has 4 heteroatoms. The lowest BCUT2D eigenvalue weighted by Crippen LogP contribution is -2.28. The summed E-state index contributed by atoms with van der Waals surface area (Å²) in [6, 6.07) is 3.70. The Kier molecular flexibility index (Phi) is 5.13. The number of nitrogens with one attached hydrogen (secondary N) is 1. The summed E-state index contributed by atoms with van der Waals surface area (Å²) in [5.41, 5.74) is 3.61. The molecule has 0 aliphatic carbocycles. The van der Waals surface area contributed by atoms with Crippen molar-refractivity contribution in [2.24, 2.45) is 5.84 Å². The molecule has 0 radical (unpaired) electrons. The predicted octanol–water partition coefficient (Wildman–Crippen LogP) is 2.04. The van der Waals surface area contributed by atoms with E-state index in [1.54, 1.807) is 12.3 Å². The first kappa shape index (κ1) is 12.0. The van der Waals surface area contributed by atoms with E-state index >= 15 is 0 Å². The van der Waals surface area contributed by atoms with Crippen LogP contribution in [0.4, 0.5) is 0 Å². The quantitative estimate of drug-likeness (QED) is 0.467. The third-order valence-electron chi connectivity index (χ3n) is 2.04. The normalized spacial score (nSPS) is 11.7. The summed E-state index contributed by atoms with van der Waals surface area (Å²) in [5.74, 6) is 11.3. The average Bonchev–Trinajstić information content (AvgIpc) is 2.26. The van der Waals surface area contributed by atoms with E-state index in [-0.39, 0.29) is 6.04 Å². The van der Waals surface area contributed by atoms with Gasteiger partial charge in [-0.25, -0.2) is 0 Å². The molecular formula is C11H14ClN3. The molecule has 3 N–H and O–H groups in total. The molecule has 80 valence electrons. The number of nitrogens with two attached hydrogens (primary N) is 1. The number of aromatic nitrogens is 1. The number of halogens is 1. The largest absolute Gasteiger partial charge is 0.271 e. The molecule has 1 atom stereocenters. The Morgan fingerprint density at radius 3 is 2.93 bits per heavy atom. The van der Waals surface area contributed by atoms with Crippen molar-refractivity contribution in [3.63, 3.8) is 0 Å². The Morgan fingerprint density at radius 2 is 2.40 bits per heavy atom. The highest BCUT2D eigenvalue weighted by Gasteiger charge is 2.09. The van der Waals surface area contributed by atoms with Crippen molar-refractivity contribution in [1.82, 2.24) is 10.4 Å². The van der Waals surface area contributed by atoms with Crippen LogP contribution in [0.5, 0.6) is 0 Å². The van der Waals surface area contributed by atoms with Crippen LogP contribution in [0, 0.1) is 11.8 Å². The first-order chi connectivity index (χ1) is 7.27. The van der Waals surface area contributed by atoms with Gasteiger partial charge in [0.1, 0.15) is 0 Å². The van der Waals surface area contributed by atoms with Crippen molar-refractivity contribution in [2.75, 3.05) is 0 Å². The molecule has 0 spiro atoms. The Bertz CT molecular complexity index is 350. The second-order valence-electron chi connectivity index (χ2n) is 3.09. The van der Waals surface area contributed by atoms with Crippen molar-refractivity contribution in [3.8, 4) is 11.8 Å². The Balaban J connectivity index is 2.64. The molecule has 0 aliphatic rings. The van der Waals surface area contributed by atoms with Crippen LogP contribution in [0.25, 0.3) is 0 Å². The molecule has 0 bridgehead atoms. The van der Waals surface area contributed by atoms with E-state index in [4.69, 9.17) is 17.4 Å². The fourth-order valence-electron chi connectivity index (χ4n) is 1.25. The van der Waals surface area contributed by atoms with Gasteiger partial charge in [-0.05, 0) is 25.5 Å². The highest BCUT2D eigenvalue weighted by Crippen LogP contribution is 2.16. The summed E-state index contributed by atoms with van der Waals surface area (Å²) in [5, 5.41) is 0.628. The molecule has 1 unspecified atom stereocenters. The summed E-state index contributed by atoms with van der Waals surface area (Å²) in [4.78, 5) is 4.21. The number of nitrogens with zero attached hydrogens (tertiary/aromatic N) is 1. The van der Waals surface area contributed by atoms with Gasteiger partial charge in [0.25, 0.3) is 0 Å². The van der Waals surface area contributed by atoms with Crippen LogP contribution < -0.4 is 11.3 Å². The van der Waals surface area contributed by atoms with E-state index < -0.39 is 0 Å². The van der Waals surface area contributed by atoms with Gasteiger partial charge in [0.2, 0.25) is 0 Å². The number of hydrogen-bond donors (Lipinski definition) is 2. The predicted molar refractivity (Wildman–Crippen MR) is 62.0 cm³/mol. The third kappa shape index (κ3) is 3.88. The Hall–Kier alpha value is -1.08. The van der Waals surface area contributed by atoms with E-state index in [1.165, 1.54) is 0 Å². The molecule has 0 aliphatic heterocycles. The molecule has 0 fully saturated rings. The summed E-state index contributed by atoms with van der Waals surface area (Å²) >= 11 is 5.75. The van der Waals surface area contributed by atoms with Gasteiger partial charge in [-0.2, -0.15) is 0 Å². The molecule has 15 heavy (non-hydrogen) atoms. The third-order valence-corrected chi connectivity index (χ3v) is 2.27. The maximum Gasteiger partial charge on any atom is 0.0641 e. The minimum atomic E-state index is 0.0307. The standard InChI is InChI=1S/C11H14ClN3/c1-2-3-4-5-11(15-13)10-7-6-9(12)8-14-10/h6-8,11,15H,4-5,13H2,1H3. The molecule has 0 amide bonds. The molecule has 1 heterocycles. The summed E-state index contributed by atoms with van der Waals surface area (Å²) in [6.07, 6.45) is 3.26. The zero-order valence-corrected chi connectivity index (χ0v) is 9.38. The highest BCUT2D eigenvalue weighted by atomic mass is 35.5. The number of pyridine rings is 1. The van der Waals surface area contributed by atoms with Gasteiger partial charge in [0, 0.05) is 12.6 Å². The number of rotatable bonds is 4. The minimum Gasteiger partial charge on any atom is -0.271 e. The first-order valence-corrected chi connectivity index (χ1v) is 5.13. The van der Waals surface area contributed by atoms with Crippen molar-refractivity contribution < 1.29 is 0 Å². The second-order valence-corrected chi connectivity index (χ2v) is 3.52. The molecule has 0 saturated heterocycles. The van der Waals surface area contributed by atoms with Crippen molar-refractivity contribution in [3.05, 3.63) is 29.0 Å². The number of hydrazine groups is 1. The molecule has 1 aromatic rings. The van der Waals surface area contributed by atoms with Gasteiger partial charge in [-0.1, -0.05) is 11.6 Å². The van der Waals surface area contributed by atoms with Gasteiger partial charge in [0.05, 0.1) is 16.8 Å². The van der Waals surface area contributed by atoms with Gasteiger partial charge < -0.3 is 0 Å².